The molecule has 172 valence electrons. The van der Waals surface area contributed by atoms with Crippen molar-refractivity contribution in [1.82, 2.24) is 0 Å². The van der Waals surface area contributed by atoms with E-state index in [9.17, 15) is 9.59 Å². The fraction of sp³-hybridized carbons (Fsp3) is 0.0667. The first kappa shape index (κ1) is 23.7. The first-order valence-corrected chi connectivity index (χ1v) is 13.3. The van der Waals surface area contributed by atoms with Gasteiger partial charge in [-0.2, -0.15) is 0 Å². The molecule has 0 aliphatic rings. The lowest BCUT2D eigenvalue weighted by molar-refractivity contribution is 0.105. The Morgan fingerprint density at radius 2 is 1.11 bits per heavy atom. The highest BCUT2D eigenvalue weighted by Gasteiger charge is 2.35. The Morgan fingerprint density at radius 3 is 1.63 bits per heavy atom. The quantitative estimate of drug-likeness (QED) is 0.220. The Kier molecular flexibility index (Phi) is 6.47. The molecule has 0 aliphatic heterocycles. The fourth-order valence-corrected chi connectivity index (χ4v) is 7.36. The van der Waals surface area contributed by atoms with Crippen molar-refractivity contribution in [3.05, 3.63) is 123 Å². The maximum atomic E-state index is 14.4. The molecule has 5 aromatic rings. The van der Waals surface area contributed by atoms with E-state index >= 15 is 0 Å². The first-order valence-electron chi connectivity index (χ1n) is 11.2. The maximum absolute atomic E-state index is 14.4. The number of fused-ring (bicyclic) bond motifs is 2. The van der Waals surface area contributed by atoms with Crippen LogP contribution < -0.4 is 5.30 Å². The monoisotopic (exact) mass is 514 g/mol. The predicted octanol–water partition coefficient (Wildman–Crippen LogP) is 8.70. The minimum absolute atomic E-state index is 0.274. The molecule has 0 saturated heterocycles. The van der Waals surface area contributed by atoms with Crippen molar-refractivity contribution < 1.29 is 9.59 Å². The number of halogens is 2. The number of rotatable bonds is 5. The van der Waals surface area contributed by atoms with E-state index in [1.807, 2.05) is 92.7 Å². The van der Waals surface area contributed by atoms with Crippen LogP contribution in [0.4, 0.5) is 0 Å². The van der Waals surface area contributed by atoms with E-state index in [0.29, 0.717) is 21.2 Å². The van der Waals surface area contributed by atoms with Gasteiger partial charge in [-0.15, -0.1) is 0 Å². The molecule has 0 heterocycles. The Bertz CT molecular complexity index is 1540. The summed E-state index contributed by atoms with van der Waals surface area (Å²) >= 11 is 13.3. The molecule has 0 unspecified atom stereocenters. The van der Waals surface area contributed by atoms with Gasteiger partial charge in [-0.3, -0.25) is 9.59 Å². The van der Waals surface area contributed by atoms with Crippen LogP contribution >= 0.6 is 31.1 Å². The first-order chi connectivity index (χ1) is 16.9. The largest absolute Gasteiger partial charge is 0.288 e. The van der Waals surface area contributed by atoms with Crippen molar-refractivity contribution in [2.75, 3.05) is 0 Å². The zero-order chi connectivity index (χ0) is 24.7. The summed E-state index contributed by atoms with van der Waals surface area (Å²) in [6, 6.07) is 28.3. The van der Waals surface area contributed by atoms with Crippen molar-refractivity contribution in [2.24, 2.45) is 0 Å². The number of carbonyl (C=O) groups excluding carboxylic acids is 2. The van der Waals surface area contributed by atoms with E-state index in [1.165, 1.54) is 0 Å². The molecule has 5 aromatic carbocycles. The minimum atomic E-state index is -1.99. The summed E-state index contributed by atoms with van der Waals surface area (Å²) in [6.07, 6.45) is 0. The second kappa shape index (κ2) is 9.55. The van der Waals surface area contributed by atoms with Gasteiger partial charge in [0, 0.05) is 11.1 Å². The highest BCUT2D eigenvalue weighted by Crippen LogP contribution is 2.48. The van der Waals surface area contributed by atoms with Gasteiger partial charge in [-0.05, 0) is 58.4 Å². The third kappa shape index (κ3) is 4.28. The number of carbonyl (C=O) groups is 2. The zero-order valence-electron chi connectivity index (χ0n) is 19.2. The summed E-state index contributed by atoms with van der Waals surface area (Å²) in [6.45, 7) is 3.89. The molecule has 5 rings (SSSR count). The second-order valence-electron chi connectivity index (χ2n) is 8.52. The lowest BCUT2D eigenvalue weighted by atomic mass is 10.1. The molecule has 0 aliphatic carbocycles. The Hall–Kier alpha value is -3.03. The SMILES string of the molecule is Cc1ccc(C)c(P(C(=O)c2c(Cl)ccc3ccccc23)C(=O)c2c(Cl)ccc3ccccc23)c1. The molecule has 0 aromatic heterocycles. The topological polar surface area (TPSA) is 34.1 Å². The second-order valence-corrected chi connectivity index (χ2v) is 11.3. The molecule has 35 heavy (non-hydrogen) atoms. The molecule has 2 nitrogen and oxygen atoms in total. The van der Waals surface area contributed by atoms with E-state index in [-0.39, 0.29) is 11.0 Å². The highest BCUT2D eigenvalue weighted by atomic mass is 35.5. The van der Waals surface area contributed by atoms with E-state index in [2.05, 4.69) is 0 Å². The lowest BCUT2D eigenvalue weighted by Crippen LogP contribution is -2.19. The van der Waals surface area contributed by atoms with Crippen molar-refractivity contribution >= 4 is 69.0 Å². The van der Waals surface area contributed by atoms with Crippen molar-refractivity contribution in [2.45, 2.75) is 13.8 Å². The van der Waals surface area contributed by atoms with Crippen LogP contribution in [0.15, 0.2) is 91.0 Å². The summed E-state index contributed by atoms with van der Waals surface area (Å²) in [5.41, 5.74) is 2.07. The predicted molar refractivity (Wildman–Crippen MR) is 149 cm³/mol. The molecule has 5 heteroatoms. The van der Waals surface area contributed by atoms with E-state index in [0.717, 1.165) is 38.0 Å². The van der Waals surface area contributed by atoms with E-state index in [1.54, 1.807) is 12.1 Å². The summed E-state index contributed by atoms with van der Waals surface area (Å²) < 4.78 is 0. The molecule has 0 spiro atoms. The van der Waals surface area contributed by atoms with Gasteiger partial charge in [-0.25, -0.2) is 0 Å². The molecule has 0 N–H and O–H groups in total. The number of benzene rings is 5. The average Bonchev–Trinajstić information content (AvgIpc) is 2.86. The summed E-state index contributed by atoms with van der Waals surface area (Å²) in [7, 11) is -1.99. The minimum Gasteiger partial charge on any atom is -0.288 e. The van der Waals surface area contributed by atoms with Crippen LogP contribution in [-0.4, -0.2) is 11.0 Å². The van der Waals surface area contributed by atoms with Gasteiger partial charge in [0.15, 0.2) is 11.0 Å². The standard InChI is InChI=1S/C30H21Cl2O2P/c1-18-11-12-19(2)26(17-18)35(29(33)27-22-9-5-3-7-20(22)13-15-24(27)31)30(34)28-23-10-6-4-8-21(23)14-16-25(28)32/h3-17H,1-2H3. The Labute approximate surface area is 215 Å². The van der Waals surface area contributed by atoms with Gasteiger partial charge in [0.1, 0.15) is 0 Å². The van der Waals surface area contributed by atoms with Gasteiger partial charge in [0.25, 0.3) is 0 Å². The molecular formula is C30H21Cl2O2P. The van der Waals surface area contributed by atoms with E-state index < -0.39 is 7.92 Å². The summed E-state index contributed by atoms with van der Waals surface area (Å²) in [5.74, 6) is 0. The molecule has 0 amide bonds. The van der Waals surface area contributed by atoms with Crippen LogP contribution in [0.3, 0.4) is 0 Å². The van der Waals surface area contributed by atoms with Crippen LogP contribution in [0.5, 0.6) is 0 Å². The third-order valence-electron chi connectivity index (χ3n) is 6.20. The van der Waals surface area contributed by atoms with Gasteiger partial charge in [0.2, 0.25) is 0 Å². The summed E-state index contributed by atoms with van der Waals surface area (Å²) in [5, 5.41) is 4.66. The van der Waals surface area contributed by atoms with Gasteiger partial charge >= 0.3 is 0 Å². The van der Waals surface area contributed by atoms with Crippen molar-refractivity contribution in [1.29, 1.82) is 0 Å². The molecule has 0 atom stereocenters. The van der Waals surface area contributed by atoms with Crippen LogP contribution in [0.2, 0.25) is 10.0 Å². The molecular weight excluding hydrogens is 494 g/mol. The van der Waals surface area contributed by atoms with Gasteiger partial charge < -0.3 is 0 Å². The van der Waals surface area contributed by atoms with Crippen LogP contribution in [0, 0.1) is 13.8 Å². The number of hydrogen-bond acceptors (Lipinski definition) is 2. The van der Waals surface area contributed by atoms with Gasteiger partial charge in [-0.1, -0.05) is 108 Å². The normalized spacial score (nSPS) is 11.3. The van der Waals surface area contributed by atoms with Crippen LogP contribution in [-0.2, 0) is 0 Å². The third-order valence-corrected chi connectivity index (χ3v) is 9.05. The van der Waals surface area contributed by atoms with E-state index in [4.69, 9.17) is 23.2 Å². The van der Waals surface area contributed by atoms with Gasteiger partial charge in [0.05, 0.1) is 18.0 Å². The average molecular weight is 515 g/mol. The number of hydrogen-bond donors (Lipinski definition) is 0. The Balaban J connectivity index is 1.79. The highest BCUT2D eigenvalue weighted by molar-refractivity contribution is 7.96. The Morgan fingerprint density at radius 1 is 0.629 bits per heavy atom. The molecule has 0 radical (unpaired) electrons. The zero-order valence-corrected chi connectivity index (χ0v) is 21.6. The molecule has 0 fully saturated rings. The van der Waals surface area contributed by atoms with Crippen molar-refractivity contribution in [3.63, 3.8) is 0 Å². The molecule has 0 saturated carbocycles. The fourth-order valence-electron chi connectivity index (χ4n) is 4.42. The molecule has 0 bridgehead atoms. The maximum Gasteiger partial charge on any atom is 0.198 e. The summed E-state index contributed by atoms with van der Waals surface area (Å²) in [4.78, 5) is 28.8. The lowest BCUT2D eigenvalue weighted by Gasteiger charge is -2.21. The smallest absolute Gasteiger partial charge is 0.198 e. The number of aryl methyl sites for hydroxylation is 2. The van der Waals surface area contributed by atoms with Crippen LogP contribution in [0.25, 0.3) is 21.5 Å². The van der Waals surface area contributed by atoms with Crippen molar-refractivity contribution in [3.8, 4) is 0 Å². The van der Waals surface area contributed by atoms with Crippen LogP contribution in [0.1, 0.15) is 31.8 Å².